The molecule has 0 saturated heterocycles. The summed E-state index contributed by atoms with van der Waals surface area (Å²) in [5.74, 6) is 0. The molecule has 0 atom stereocenters. The molecule has 62 valence electrons. The predicted octanol–water partition coefficient (Wildman–Crippen LogP) is 2.78. The van der Waals surface area contributed by atoms with Crippen LogP contribution in [0.25, 0.3) is 0 Å². The van der Waals surface area contributed by atoms with Gasteiger partial charge in [-0.3, -0.25) is 0 Å². The molecule has 0 saturated carbocycles. The average molecular weight is 217 g/mol. The number of allylic oxidation sites excluding steroid dienone is 4. The summed E-state index contributed by atoms with van der Waals surface area (Å²) < 4.78 is 1.02. The Morgan fingerprint density at radius 3 is 2.55 bits per heavy atom. The van der Waals surface area contributed by atoms with E-state index in [0.29, 0.717) is 0 Å². The van der Waals surface area contributed by atoms with Crippen molar-refractivity contribution in [3.63, 3.8) is 0 Å². The molecule has 0 radical (unpaired) electrons. The summed E-state index contributed by atoms with van der Waals surface area (Å²) in [5.41, 5.74) is 0.900. The van der Waals surface area contributed by atoms with Gasteiger partial charge in [0.05, 0.1) is 6.61 Å². The van der Waals surface area contributed by atoms with Crippen LogP contribution in [0.3, 0.4) is 0 Å². The highest BCUT2D eigenvalue weighted by molar-refractivity contribution is 9.11. The molecule has 11 heavy (non-hydrogen) atoms. The van der Waals surface area contributed by atoms with Gasteiger partial charge in [-0.05, 0) is 30.0 Å². The van der Waals surface area contributed by atoms with Gasteiger partial charge in [0.2, 0.25) is 0 Å². The van der Waals surface area contributed by atoms with E-state index in [9.17, 15) is 0 Å². The number of hydrogen-bond acceptors (Lipinski definition) is 1. The van der Waals surface area contributed by atoms with E-state index in [4.69, 9.17) is 5.11 Å². The zero-order valence-corrected chi connectivity index (χ0v) is 8.43. The van der Waals surface area contributed by atoms with Crippen LogP contribution in [0.2, 0.25) is 0 Å². The molecule has 0 rings (SSSR count). The van der Waals surface area contributed by atoms with E-state index < -0.39 is 0 Å². The number of halogens is 1. The second-order valence-corrected chi connectivity index (χ2v) is 3.41. The summed E-state index contributed by atoms with van der Waals surface area (Å²) in [6.45, 7) is 3.95. The van der Waals surface area contributed by atoms with Crippen molar-refractivity contribution in [2.24, 2.45) is 0 Å². The van der Waals surface area contributed by atoms with Gasteiger partial charge in [-0.15, -0.1) is 0 Å². The molecule has 0 aromatic carbocycles. The highest BCUT2D eigenvalue weighted by Crippen LogP contribution is 2.07. The van der Waals surface area contributed by atoms with Crippen molar-refractivity contribution in [2.45, 2.75) is 13.8 Å². The summed E-state index contributed by atoms with van der Waals surface area (Å²) in [6.07, 6.45) is 7.59. The van der Waals surface area contributed by atoms with E-state index >= 15 is 0 Å². The first-order valence-corrected chi connectivity index (χ1v) is 4.26. The summed E-state index contributed by atoms with van der Waals surface area (Å²) in [6, 6.07) is 0. The molecule has 0 aliphatic heterocycles. The normalized spacial score (nSPS) is 14.5. The standard InChI is InChI=1S/C9H13BrO/c1-3-4-5-9(7-11)6-8(2)10/h3-6,11H,7H2,1-2H3/b4-3-,8-6+,9-5+. The minimum Gasteiger partial charge on any atom is -0.392 e. The van der Waals surface area contributed by atoms with Gasteiger partial charge in [-0.2, -0.15) is 0 Å². The maximum absolute atomic E-state index is 8.83. The summed E-state index contributed by atoms with van der Waals surface area (Å²) in [7, 11) is 0. The molecule has 2 heteroatoms. The lowest BCUT2D eigenvalue weighted by Crippen LogP contribution is -1.84. The van der Waals surface area contributed by atoms with Gasteiger partial charge in [-0.25, -0.2) is 0 Å². The van der Waals surface area contributed by atoms with Crippen LogP contribution >= 0.6 is 15.9 Å². The fourth-order valence-corrected chi connectivity index (χ4v) is 0.916. The average Bonchev–Trinajstić information content (AvgIpc) is 1.97. The Morgan fingerprint density at radius 2 is 2.18 bits per heavy atom. The maximum atomic E-state index is 8.83. The number of hydrogen-bond donors (Lipinski definition) is 1. The third-order valence-electron chi connectivity index (χ3n) is 1.07. The number of aliphatic hydroxyl groups is 1. The molecule has 0 aliphatic rings. The van der Waals surface area contributed by atoms with E-state index in [2.05, 4.69) is 15.9 Å². The SMILES string of the molecule is C\C=C/C=C(\C=C(/C)Br)CO. The molecule has 0 aromatic rings. The Labute approximate surface area is 76.3 Å². The number of aliphatic hydroxyl groups excluding tert-OH is 1. The lowest BCUT2D eigenvalue weighted by atomic mass is 10.2. The third kappa shape index (κ3) is 6.07. The third-order valence-corrected chi connectivity index (χ3v) is 1.30. The molecule has 0 unspecified atom stereocenters. The molecule has 1 N–H and O–H groups in total. The predicted molar refractivity (Wildman–Crippen MR) is 52.7 cm³/mol. The van der Waals surface area contributed by atoms with Crippen molar-refractivity contribution >= 4 is 15.9 Å². The molecule has 0 fully saturated rings. The molecule has 1 nitrogen and oxygen atoms in total. The summed E-state index contributed by atoms with van der Waals surface area (Å²) in [4.78, 5) is 0. The van der Waals surface area contributed by atoms with E-state index in [0.717, 1.165) is 10.1 Å². The van der Waals surface area contributed by atoms with Crippen LogP contribution in [0.15, 0.2) is 34.4 Å². The van der Waals surface area contributed by atoms with Crippen molar-refractivity contribution in [2.75, 3.05) is 6.61 Å². The van der Waals surface area contributed by atoms with Crippen LogP contribution in [-0.4, -0.2) is 11.7 Å². The van der Waals surface area contributed by atoms with Gasteiger partial charge in [0.25, 0.3) is 0 Å². The first-order chi connectivity index (χ1) is 5.20. The molecule has 0 heterocycles. The van der Waals surface area contributed by atoms with E-state index in [1.165, 1.54) is 0 Å². The van der Waals surface area contributed by atoms with Gasteiger partial charge >= 0.3 is 0 Å². The van der Waals surface area contributed by atoms with Gasteiger partial charge < -0.3 is 5.11 Å². The van der Waals surface area contributed by atoms with Crippen LogP contribution < -0.4 is 0 Å². The molecular formula is C9H13BrO. The van der Waals surface area contributed by atoms with Crippen molar-refractivity contribution in [1.82, 2.24) is 0 Å². The minimum absolute atomic E-state index is 0.0767. The first kappa shape index (κ1) is 10.7. The second kappa shape index (κ2) is 6.38. The van der Waals surface area contributed by atoms with Crippen molar-refractivity contribution in [3.8, 4) is 0 Å². The Kier molecular flexibility index (Phi) is 6.18. The summed E-state index contributed by atoms with van der Waals surface area (Å²) >= 11 is 3.29. The Hall–Kier alpha value is -0.340. The minimum atomic E-state index is 0.0767. The highest BCUT2D eigenvalue weighted by Gasteiger charge is 1.87. The Morgan fingerprint density at radius 1 is 1.55 bits per heavy atom. The lowest BCUT2D eigenvalue weighted by molar-refractivity contribution is 0.335. The van der Waals surface area contributed by atoms with Gasteiger partial charge in [-0.1, -0.05) is 34.2 Å². The fourth-order valence-electron chi connectivity index (χ4n) is 0.622. The van der Waals surface area contributed by atoms with Crippen LogP contribution in [0.1, 0.15) is 13.8 Å². The zero-order chi connectivity index (χ0) is 8.69. The number of rotatable bonds is 3. The lowest BCUT2D eigenvalue weighted by Gasteiger charge is -1.93. The fraction of sp³-hybridized carbons (Fsp3) is 0.333. The molecule has 0 aromatic heterocycles. The molecule has 0 aliphatic carbocycles. The van der Waals surface area contributed by atoms with Crippen molar-refractivity contribution < 1.29 is 5.11 Å². The van der Waals surface area contributed by atoms with Gasteiger partial charge in [0.1, 0.15) is 0 Å². The second-order valence-electron chi connectivity index (χ2n) is 2.16. The first-order valence-electron chi connectivity index (χ1n) is 3.47. The van der Waals surface area contributed by atoms with Gasteiger partial charge in [0, 0.05) is 0 Å². The van der Waals surface area contributed by atoms with Gasteiger partial charge in [0.15, 0.2) is 0 Å². The quantitative estimate of drug-likeness (QED) is 0.720. The monoisotopic (exact) mass is 216 g/mol. The Bertz CT molecular complexity index is 186. The highest BCUT2D eigenvalue weighted by atomic mass is 79.9. The topological polar surface area (TPSA) is 20.2 Å². The zero-order valence-electron chi connectivity index (χ0n) is 6.84. The molecule has 0 spiro atoms. The smallest absolute Gasteiger partial charge is 0.0682 e. The maximum Gasteiger partial charge on any atom is 0.0682 e. The van der Waals surface area contributed by atoms with Crippen molar-refractivity contribution in [1.29, 1.82) is 0 Å². The Balaban J connectivity index is 4.28. The van der Waals surface area contributed by atoms with E-state index in [1.54, 1.807) is 0 Å². The molecular weight excluding hydrogens is 204 g/mol. The van der Waals surface area contributed by atoms with Crippen LogP contribution in [0.5, 0.6) is 0 Å². The molecule has 0 amide bonds. The van der Waals surface area contributed by atoms with Crippen molar-refractivity contribution in [3.05, 3.63) is 34.4 Å². The largest absolute Gasteiger partial charge is 0.392 e. The molecule has 0 bridgehead atoms. The van der Waals surface area contributed by atoms with Crippen LogP contribution in [0, 0.1) is 0 Å². The van der Waals surface area contributed by atoms with E-state index in [1.807, 2.05) is 38.2 Å². The van der Waals surface area contributed by atoms with E-state index in [-0.39, 0.29) is 6.61 Å². The van der Waals surface area contributed by atoms with Crippen LogP contribution in [-0.2, 0) is 0 Å². The summed E-state index contributed by atoms with van der Waals surface area (Å²) in [5, 5.41) is 8.83. The van der Waals surface area contributed by atoms with Crippen LogP contribution in [0.4, 0.5) is 0 Å².